The molecule has 0 radical (unpaired) electrons. The van der Waals surface area contributed by atoms with Crippen molar-refractivity contribution in [2.75, 3.05) is 13.7 Å². The Labute approximate surface area is 161 Å². The highest BCUT2D eigenvalue weighted by Gasteiger charge is 2.20. The summed E-state index contributed by atoms with van der Waals surface area (Å²) in [4.78, 5) is 35.3. The number of aliphatic carboxylic acids is 1. The number of Topliss-reactive ketones (excluding diaryl/α,β-unsaturated/α-hetero) is 1. The van der Waals surface area contributed by atoms with E-state index in [0.29, 0.717) is 11.3 Å². The number of rotatable bonds is 10. The molecule has 2 aromatic carbocycles. The quantitative estimate of drug-likeness (QED) is 0.605. The van der Waals surface area contributed by atoms with E-state index in [2.05, 4.69) is 5.32 Å². The topological polar surface area (TPSA) is 102 Å². The van der Waals surface area contributed by atoms with Crippen molar-refractivity contribution in [1.82, 2.24) is 5.32 Å². The van der Waals surface area contributed by atoms with Crippen molar-refractivity contribution in [2.24, 2.45) is 0 Å². The lowest BCUT2D eigenvalue weighted by Gasteiger charge is -2.15. The van der Waals surface area contributed by atoms with Crippen molar-refractivity contribution in [2.45, 2.75) is 18.9 Å². The number of ketones is 1. The molecular formula is C20H20FNO6. The molecule has 0 aliphatic rings. The van der Waals surface area contributed by atoms with Crippen molar-refractivity contribution < 1.29 is 33.4 Å². The maximum Gasteiger partial charge on any atom is 0.346 e. The molecule has 0 saturated heterocycles. The monoisotopic (exact) mass is 389 g/mol. The van der Waals surface area contributed by atoms with Gasteiger partial charge < -0.3 is 19.9 Å². The number of hydrogen-bond acceptors (Lipinski definition) is 5. The van der Waals surface area contributed by atoms with Crippen molar-refractivity contribution in [3.63, 3.8) is 0 Å². The third-order valence-corrected chi connectivity index (χ3v) is 3.84. The summed E-state index contributed by atoms with van der Waals surface area (Å²) >= 11 is 0. The Hall–Kier alpha value is -3.42. The standard InChI is InChI=1S/C20H20FNO6/c1-27-15-6-2-13(3-7-15)17(23)10-11-19(24)22-12-18(20(25)26)28-16-8-4-14(21)5-9-16/h2-9,18H,10-12H2,1H3,(H,22,24)(H,25,26). The summed E-state index contributed by atoms with van der Waals surface area (Å²) in [5.74, 6) is -1.66. The van der Waals surface area contributed by atoms with Gasteiger partial charge in [0, 0.05) is 18.4 Å². The maximum absolute atomic E-state index is 12.9. The molecule has 0 aliphatic heterocycles. The molecule has 0 fully saturated rings. The van der Waals surface area contributed by atoms with Crippen LogP contribution in [-0.2, 0) is 9.59 Å². The predicted octanol–water partition coefficient (Wildman–Crippen LogP) is 2.45. The Morgan fingerprint density at radius 3 is 2.18 bits per heavy atom. The summed E-state index contributed by atoms with van der Waals surface area (Å²) in [6.07, 6.45) is -1.45. The van der Waals surface area contributed by atoms with Gasteiger partial charge in [0.25, 0.3) is 0 Å². The third-order valence-electron chi connectivity index (χ3n) is 3.84. The van der Waals surface area contributed by atoms with Gasteiger partial charge in [0.15, 0.2) is 5.78 Å². The number of hydrogen-bond donors (Lipinski definition) is 2. The van der Waals surface area contributed by atoms with Crippen LogP contribution in [-0.4, -0.2) is 42.5 Å². The van der Waals surface area contributed by atoms with Gasteiger partial charge in [-0.15, -0.1) is 0 Å². The van der Waals surface area contributed by atoms with E-state index in [1.807, 2.05) is 0 Å². The summed E-state index contributed by atoms with van der Waals surface area (Å²) in [5.41, 5.74) is 0.455. The summed E-state index contributed by atoms with van der Waals surface area (Å²) in [6, 6.07) is 11.4. The lowest BCUT2D eigenvalue weighted by Crippen LogP contribution is -2.40. The first-order valence-corrected chi connectivity index (χ1v) is 8.48. The van der Waals surface area contributed by atoms with Gasteiger partial charge in [0.05, 0.1) is 13.7 Å². The van der Waals surface area contributed by atoms with Crippen LogP contribution in [0.15, 0.2) is 48.5 Å². The number of methoxy groups -OCH3 is 1. The molecule has 1 atom stereocenters. The molecule has 0 spiro atoms. The Balaban J connectivity index is 1.81. The largest absolute Gasteiger partial charge is 0.497 e. The van der Waals surface area contributed by atoms with Crippen molar-refractivity contribution in [3.8, 4) is 11.5 Å². The van der Waals surface area contributed by atoms with Gasteiger partial charge in [-0.3, -0.25) is 9.59 Å². The minimum Gasteiger partial charge on any atom is -0.497 e. The predicted molar refractivity (Wildman–Crippen MR) is 98.0 cm³/mol. The van der Waals surface area contributed by atoms with Gasteiger partial charge in [-0.05, 0) is 48.5 Å². The van der Waals surface area contributed by atoms with Gasteiger partial charge in [0.2, 0.25) is 12.0 Å². The molecule has 0 aliphatic carbocycles. The SMILES string of the molecule is COc1ccc(C(=O)CCC(=O)NCC(Oc2ccc(F)cc2)C(=O)O)cc1. The van der Waals surface area contributed by atoms with E-state index in [1.54, 1.807) is 24.3 Å². The summed E-state index contributed by atoms with van der Waals surface area (Å²) in [5, 5.41) is 11.6. The molecule has 2 aromatic rings. The van der Waals surface area contributed by atoms with Crippen LogP contribution in [0.4, 0.5) is 4.39 Å². The lowest BCUT2D eigenvalue weighted by atomic mass is 10.1. The second-order valence-electron chi connectivity index (χ2n) is 5.85. The average molecular weight is 389 g/mol. The molecule has 8 heteroatoms. The number of carboxylic acids is 1. The first-order valence-electron chi connectivity index (χ1n) is 8.48. The van der Waals surface area contributed by atoms with Gasteiger partial charge in [-0.1, -0.05) is 0 Å². The fourth-order valence-corrected chi connectivity index (χ4v) is 2.30. The van der Waals surface area contributed by atoms with E-state index in [4.69, 9.17) is 9.47 Å². The van der Waals surface area contributed by atoms with Crippen molar-refractivity contribution in [1.29, 1.82) is 0 Å². The fraction of sp³-hybridized carbons (Fsp3) is 0.250. The molecular weight excluding hydrogens is 369 g/mol. The zero-order valence-corrected chi connectivity index (χ0v) is 15.2. The molecule has 148 valence electrons. The second kappa shape index (κ2) is 10.1. The molecule has 7 nitrogen and oxygen atoms in total. The summed E-state index contributed by atoms with van der Waals surface area (Å²) in [6.45, 7) is -0.289. The lowest BCUT2D eigenvalue weighted by molar-refractivity contribution is -0.145. The maximum atomic E-state index is 12.9. The zero-order valence-electron chi connectivity index (χ0n) is 15.2. The van der Waals surface area contributed by atoms with Gasteiger partial charge in [-0.25, -0.2) is 9.18 Å². The molecule has 1 amide bonds. The number of ether oxygens (including phenoxy) is 2. The number of benzene rings is 2. The van der Waals surface area contributed by atoms with Crippen molar-refractivity contribution >= 4 is 17.7 Å². The first-order chi connectivity index (χ1) is 13.4. The van der Waals surface area contributed by atoms with E-state index in [9.17, 15) is 23.9 Å². The van der Waals surface area contributed by atoms with E-state index in [1.165, 1.54) is 19.2 Å². The van der Waals surface area contributed by atoms with Gasteiger partial charge in [-0.2, -0.15) is 0 Å². The highest BCUT2D eigenvalue weighted by atomic mass is 19.1. The third kappa shape index (κ3) is 6.39. The molecule has 0 bridgehead atoms. The Morgan fingerprint density at radius 2 is 1.61 bits per heavy atom. The smallest absolute Gasteiger partial charge is 0.346 e. The number of carboxylic acid groups (broad SMARTS) is 1. The van der Waals surface area contributed by atoms with E-state index in [0.717, 1.165) is 12.1 Å². The minimum absolute atomic E-state index is 0.0191. The minimum atomic E-state index is -1.34. The fourth-order valence-electron chi connectivity index (χ4n) is 2.30. The van der Waals surface area contributed by atoms with Gasteiger partial charge >= 0.3 is 5.97 Å². The number of amides is 1. The van der Waals surface area contributed by atoms with E-state index >= 15 is 0 Å². The van der Waals surface area contributed by atoms with Crippen LogP contribution >= 0.6 is 0 Å². The highest BCUT2D eigenvalue weighted by Crippen LogP contribution is 2.14. The molecule has 2 rings (SSSR count). The molecule has 28 heavy (non-hydrogen) atoms. The second-order valence-corrected chi connectivity index (χ2v) is 5.85. The highest BCUT2D eigenvalue weighted by molar-refractivity contribution is 5.98. The summed E-state index contributed by atoms with van der Waals surface area (Å²) in [7, 11) is 1.52. The normalized spacial score (nSPS) is 11.4. The Kier molecular flexibility index (Phi) is 7.50. The first kappa shape index (κ1) is 20.9. The summed E-state index contributed by atoms with van der Waals surface area (Å²) < 4.78 is 23.1. The number of carbonyl (C=O) groups excluding carboxylic acids is 2. The number of carbonyl (C=O) groups is 3. The van der Waals surface area contributed by atoms with Crippen LogP contribution in [0.1, 0.15) is 23.2 Å². The molecule has 0 aromatic heterocycles. The molecule has 2 N–H and O–H groups in total. The Morgan fingerprint density at radius 1 is 1.00 bits per heavy atom. The average Bonchev–Trinajstić information content (AvgIpc) is 2.70. The van der Waals surface area contributed by atoms with Crippen LogP contribution in [0, 0.1) is 5.82 Å². The van der Waals surface area contributed by atoms with Crippen LogP contribution in [0.2, 0.25) is 0 Å². The van der Waals surface area contributed by atoms with E-state index in [-0.39, 0.29) is 30.9 Å². The molecule has 1 unspecified atom stereocenters. The van der Waals surface area contributed by atoms with Crippen molar-refractivity contribution in [3.05, 3.63) is 59.9 Å². The Bertz CT molecular complexity index is 820. The number of nitrogens with one attached hydrogen (secondary N) is 1. The van der Waals surface area contributed by atoms with Gasteiger partial charge in [0.1, 0.15) is 17.3 Å². The van der Waals surface area contributed by atoms with Crippen LogP contribution in [0.3, 0.4) is 0 Å². The van der Waals surface area contributed by atoms with E-state index < -0.39 is 23.8 Å². The number of halogens is 1. The van der Waals surface area contributed by atoms with Crippen LogP contribution in [0.25, 0.3) is 0 Å². The van der Waals surface area contributed by atoms with Crippen LogP contribution in [0.5, 0.6) is 11.5 Å². The molecule has 0 saturated carbocycles. The van der Waals surface area contributed by atoms with Crippen LogP contribution < -0.4 is 14.8 Å². The zero-order chi connectivity index (χ0) is 20.5. The molecule has 0 heterocycles.